The van der Waals surface area contributed by atoms with Crippen molar-refractivity contribution in [2.24, 2.45) is 0 Å². The van der Waals surface area contributed by atoms with E-state index in [4.69, 9.17) is 14.2 Å². The summed E-state index contributed by atoms with van der Waals surface area (Å²) in [6.45, 7) is 5.35. The van der Waals surface area contributed by atoms with E-state index in [1.54, 1.807) is 24.3 Å². The normalized spacial score (nSPS) is 12.6. The topological polar surface area (TPSA) is 73.9 Å². The van der Waals surface area contributed by atoms with Gasteiger partial charge in [0.15, 0.2) is 23.9 Å². The van der Waals surface area contributed by atoms with Crippen LogP contribution < -0.4 is 19.5 Å². The first-order chi connectivity index (χ1) is 12.3. The Morgan fingerprint density at radius 1 is 1.12 bits per heavy atom. The molecular formula is C20H21NO5. The predicted molar refractivity (Wildman–Crippen MR) is 95.7 cm³/mol. The van der Waals surface area contributed by atoms with Crippen LogP contribution in [0.3, 0.4) is 0 Å². The number of ether oxygens (including phenoxy) is 3. The van der Waals surface area contributed by atoms with Crippen molar-refractivity contribution in [2.45, 2.75) is 26.3 Å². The number of carbonyl (C=O) groups is 2. The minimum absolute atomic E-state index is 0.0520. The first-order valence-corrected chi connectivity index (χ1v) is 8.30. The maximum absolute atomic E-state index is 12.3. The maximum atomic E-state index is 12.3. The third kappa shape index (κ3) is 3.96. The summed E-state index contributed by atoms with van der Waals surface area (Å²) in [5.41, 5.74) is 0.833. The van der Waals surface area contributed by atoms with Crippen molar-refractivity contribution in [1.82, 2.24) is 5.32 Å². The van der Waals surface area contributed by atoms with Gasteiger partial charge in [-0.25, -0.2) is 0 Å². The van der Waals surface area contributed by atoms with Gasteiger partial charge in [-0.1, -0.05) is 18.2 Å². The highest BCUT2D eigenvalue weighted by Gasteiger charge is 2.25. The van der Waals surface area contributed by atoms with Gasteiger partial charge in [0.05, 0.1) is 5.54 Å². The molecule has 0 unspecified atom stereocenters. The van der Waals surface area contributed by atoms with Crippen LogP contribution in [0.4, 0.5) is 0 Å². The highest BCUT2D eigenvalue weighted by molar-refractivity contribution is 5.94. The number of carbonyl (C=O) groups excluding carboxylic acids is 2. The molecule has 0 aromatic heterocycles. The molecule has 3 rings (SSSR count). The molecule has 2 aromatic carbocycles. The summed E-state index contributed by atoms with van der Waals surface area (Å²) >= 11 is 0. The summed E-state index contributed by atoms with van der Waals surface area (Å²) in [5.74, 6) is 1.53. The summed E-state index contributed by atoms with van der Waals surface area (Å²) in [6, 6.07) is 12.3. The van der Waals surface area contributed by atoms with Crippen molar-refractivity contribution >= 4 is 11.7 Å². The zero-order valence-electron chi connectivity index (χ0n) is 15.0. The van der Waals surface area contributed by atoms with Crippen LogP contribution in [0.5, 0.6) is 17.2 Å². The molecule has 0 aliphatic carbocycles. The molecule has 1 N–H and O–H groups in total. The monoisotopic (exact) mass is 355 g/mol. The summed E-state index contributed by atoms with van der Waals surface area (Å²) < 4.78 is 16.2. The van der Waals surface area contributed by atoms with E-state index < -0.39 is 5.54 Å². The Kier molecular flexibility index (Phi) is 4.84. The van der Waals surface area contributed by atoms with Crippen molar-refractivity contribution in [3.63, 3.8) is 0 Å². The molecule has 6 nitrogen and oxygen atoms in total. The van der Waals surface area contributed by atoms with E-state index in [0.29, 0.717) is 22.8 Å². The zero-order chi connectivity index (χ0) is 18.7. The van der Waals surface area contributed by atoms with Crippen LogP contribution in [-0.2, 0) is 10.3 Å². The van der Waals surface area contributed by atoms with Crippen molar-refractivity contribution < 1.29 is 23.8 Å². The second kappa shape index (κ2) is 7.07. The van der Waals surface area contributed by atoms with E-state index in [0.717, 1.165) is 5.56 Å². The number of hydrogen-bond acceptors (Lipinski definition) is 5. The third-order valence-electron chi connectivity index (χ3n) is 4.16. The Morgan fingerprint density at radius 3 is 2.65 bits per heavy atom. The van der Waals surface area contributed by atoms with Gasteiger partial charge in [0.2, 0.25) is 6.79 Å². The van der Waals surface area contributed by atoms with E-state index in [9.17, 15) is 9.59 Å². The molecule has 1 amide bonds. The minimum atomic E-state index is -0.608. The minimum Gasteiger partial charge on any atom is -0.484 e. The summed E-state index contributed by atoms with van der Waals surface area (Å²) in [4.78, 5) is 23.7. The molecule has 1 aliphatic heterocycles. The fourth-order valence-electron chi connectivity index (χ4n) is 2.70. The van der Waals surface area contributed by atoms with Gasteiger partial charge >= 0.3 is 0 Å². The van der Waals surface area contributed by atoms with Crippen LogP contribution in [0.25, 0.3) is 0 Å². The quantitative estimate of drug-likeness (QED) is 0.806. The smallest absolute Gasteiger partial charge is 0.258 e. The molecule has 2 aromatic rings. The number of rotatable bonds is 6. The SMILES string of the molecule is CC(=O)c1cccc(OCC(=O)NC(C)(C)c2ccc3c(c2)OCO3)c1. The molecule has 0 fully saturated rings. The predicted octanol–water partition coefficient (Wildman–Crippen LogP) is 3.05. The van der Waals surface area contributed by atoms with Gasteiger partial charge in [-0.05, 0) is 50.6 Å². The standard InChI is InChI=1S/C20H21NO5/c1-13(22)14-5-4-6-16(9-14)24-11-19(23)21-20(2,3)15-7-8-17-18(10-15)26-12-25-17/h4-10H,11-12H2,1-3H3,(H,21,23). The van der Waals surface area contributed by atoms with Gasteiger partial charge in [-0.3, -0.25) is 9.59 Å². The second-order valence-electron chi connectivity index (χ2n) is 6.61. The van der Waals surface area contributed by atoms with Crippen LogP contribution in [0.15, 0.2) is 42.5 Å². The number of ketones is 1. The van der Waals surface area contributed by atoms with E-state index in [1.165, 1.54) is 6.92 Å². The summed E-state index contributed by atoms with van der Waals surface area (Å²) in [5, 5.41) is 2.94. The molecular weight excluding hydrogens is 334 g/mol. The molecule has 0 spiro atoms. The van der Waals surface area contributed by atoms with Crippen LogP contribution >= 0.6 is 0 Å². The van der Waals surface area contributed by atoms with Crippen LogP contribution in [0.2, 0.25) is 0 Å². The van der Waals surface area contributed by atoms with Crippen LogP contribution in [-0.4, -0.2) is 25.1 Å². The van der Waals surface area contributed by atoms with E-state index in [-0.39, 0.29) is 25.1 Å². The van der Waals surface area contributed by atoms with Gasteiger partial charge in [-0.15, -0.1) is 0 Å². The Morgan fingerprint density at radius 2 is 1.88 bits per heavy atom. The fourth-order valence-corrected chi connectivity index (χ4v) is 2.70. The molecule has 0 saturated heterocycles. The van der Waals surface area contributed by atoms with Gasteiger partial charge in [-0.2, -0.15) is 0 Å². The largest absolute Gasteiger partial charge is 0.484 e. The van der Waals surface area contributed by atoms with Crippen molar-refractivity contribution in [3.8, 4) is 17.2 Å². The lowest BCUT2D eigenvalue weighted by Gasteiger charge is -2.27. The summed E-state index contributed by atoms with van der Waals surface area (Å²) in [7, 11) is 0. The number of nitrogens with one attached hydrogen (secondary N) is 1. The molecule has 26 heavy (non-hydrogen) atoms. The van der Waals surface area contributed by atoms with Gasteiger partial charge in [0.25, 0.3) is 5.91 Å². The second-order valence-corrected chi connectivity index (χ2v) is 6.61. The number of benzene rings is 2. The number of amides is 1. The van der Waals surface area contributed by atoms with E-state index >= 15 is 0 Å². The number of fused-ring (bicyclic) bond motifs is 1. The molecule has 136 valence electrons. The zero-order valence-corrected chi connectivity index (χ0v) is 15.0. The highest BCUT2D eigenvalue weighted by atomic mass is 16.7. The highest BCUT2D eigenvalue weighted by Crippen LogP contribution is 2.35. The van der Waals surface area contributed by atoms with Gasteiger partial charge < -0.3 is 19.5 Å². The molecule has 0 atom stereocenters. The molecule has 0 radical (unpaired) electrons. The molecule has 1 heterocycles. The van der Waals surface area contributed by atoms with Crippen molar-refractivity contribution in [3.05, 3.63) is 53.6 Å². The van der Waals surface area contributed by atoms with E-state index in [2.05, 4.69) is 5.32 Å². The summed E-state index contributed by atoms with van der Waals surface area (Å²) in [6.07, 6.45) is 0. The molecule has 1 aliphatic rings. The van der Waals surface area contributed by atoms with Gasteiger partial charge in [0.1, 0.15) is 5.75 Å². The lowest BCUT2D eigenvalue weighted by molar-refractivity contribution is -0.124. The van der Waals surface area contributed by atoms with Crippen LogP contribution in [0, 0.1) is 0 Å². The van der Waals surface area contributed by atoms with Gasteiger partial charge in [0, 0.05) is 5.56 Å². The van der Waals surface area contributed by atoms with E-state index in [1.807, 2.05) is 32.0 Å². The van der Waals surface area contributed by atoms with Crippen molar-refractivity contribution in [1.29, 1.82) is 0 Å². The lowest BCUT2D eigenvalue weighted by Crippen LogP contribution is -2.43. The van der Waals surface area contributed by atoms with Crippen LogP contribution in [0.1, 0.15) is 36.7 Å². The molecule has 0 bridgehead atoms. The maximum Gasteiger partial charge on any atom is 0.258 e. The third-order valence-corrected chi connectivity index (χ3v) is 4.16. The first kappa shape index (κ1) is 17.8. The molecule has 0 saturated carbocycles. The number of hydrogen-bond donors (Lipinski definition) is 1. The Hall–Kier alpha value is -3.02. The lowest BCUT2D eigenvalue weighted by atomic mass is 9.94. The average molecular weight is 355 g/mol. The first-order valence-electron chi connectivity index (χ1n) is 8.30. The van der Waals surface area contributed by atoms with Crippen molar-refractivity contribution in [2.75, 3.05) is 13.4 Å². The Bertz CT molecular complexity index is 844. The number of Topliss-reactive ketones (excluding diaryl/α,β-unsaturated/α-hetero) is 1. The Labute approximate surface area is 152 Å². The average Bonchev–Trinajstić information content (AvgIpc) is 3.07. The molecule has 6 heteroatoms. The Balaban J connectivity index is 1.62. The fraction of sp³-hybridized carbons (Fsp3) is 0.300.